The van der Waals surface area contributed by atoms with Gasteiger partial charge in [0.05, 0.1) is 29.3 Å². The van der Waals surface area contributed by atoms with Crippen molar-refractivity contribution in [3.05, 3.63) is 40.4 Å². The lowest BCUT2D eigenvalue weighted by Gasteiger charge is -2.46. The number of hydrogen-bond donors (Lipinski definition) is 4. The van der Waals surface area contributed by atoms with E-state index in [4.69, 9.17) is 5.11 Å². The van der Waals surface area contributed by atoms with Crippen LogP contribution in [0.25, 0.3) is 0 Å². The summed E-state index contributed by atoms with van der Waals surface area (Å²) in [7, 11) is 0. The summed E-state index contributed by atoms with van der Waals surface area (Å²) in [6, 6.07) is 4.30. The molecule has 2 fully saturated rings. The molecule has 35 heavy (non-hydrogen) atoms. The zero-order valence-corrected chi connectivity index (χ0v) is 19.8. The molecule has 1 aromatic carbocycles. The van der Waals surface area contributed by atoms with Gasteiger partial charge in [0.25, 0.3) is 0 Å². The number of carboxylic acids is 1. The summed E-state index contributed by atoms with van der Waals surface area (Å²) >= 11 is 1.28. The Morgan fingerprint density at radius 2 is 1.97 bits per heavy atom. The zero-order valence-electron chi connectivity index (χ0n) is 19.0. The van der Waals surface area contributed by atoms with E-state index >= 15 is 0 Å². The second-order valence-electron chi connectivity index (χ2n) is 8.92. The number of hydrogen-bond acceptors (Lipinski definition) is 7. The van der Waals surface area contributed by atoms with Gasteiger partial charge in [-0.05, 0) is 31.5 Å². The molecule has 0 bridgehead atoms. The number of carboxylic acid groups (broad SMARTS) is 2. The fourth-order valence-electron chi connectivity index (χ4n) is 5.11. The Bertz CT molecular complexity index is 1140. The van der Waals surface area contributed by atoms with Crippen molar-refractivity contribution in [2.24, 2.45) is 11.8 Å². The van der Waals surface area contributed by atoms with Crippen LogP contribution in [-0.4, -0.2) is 85.3 Å². The number of carbonyl (C=O) groups excluding carboxylic acids is 3. The molecule has 1 aromatic rings. The molecular weight excluding hydrogens is 478 g/mol. The Balaban J connectivity index is 1.50. The number of thioether (sulfide) groups is 1. The maximum absolute atomic E-state index is 12.9. The molecule has 11 nitrogen and oxygen atoms in total. The first-order chi connectivity index (χ1) is 16.5. The van der Waals surface area contributed by atoms with E-state index in [0.29, 0.717) is 11.2 Å². The Labute approximate surface area is 204 Å². The fraction of sp³-hybridized carbons (Fsp3) is 0.435. The lowest BCUT2D eigenvalue weighted by atomic mass is 9.79. The van der Waals surface area contributed by atoms with Crippen molar-refractivity contribution < 1.29 is 39.3 Å². The highest BCUT2D eigenvalue weighted by Crippen LogP contribution is 2.51. The predicted molar refractivity (Wildman–Crippen MR) is 125 cm³/mol. The van der Waals surface area contributed by atoms with Crippen LogP contribution >= 0.6 is 11.8 Å². The molecule has 2 saturated heterocycles. The topological polar surface area (TPSA) is 165 Å². The number of aromatic carboxylic acids is 1. The fourth-order valence-corrected chi connectivity index (χ4v) is 6.60. The van der Waals surface area contributed by atoms with Gasteiger partial charge >= 0.3 is 12.1 Å². The van der Waals surface area contributed by atoms with Crippen LogP contribution in [-0.2, 0) is 14.4 Å². The molecule has 186 valence electrons. The van der Waals surface area contributed by atoms with Crippen molar-refractivity contribution >= 4 is 47.6 Å². The van der Waals surface area contributed by atoms with Crippen LogP contribution in [0.1, 0.15) is 30.6 Å². The maximum Gasteiger partial charge on any atom is 0.408 e. The largest absolute Gasteiger partial charge is 0.478 e. The van der Waals surface area contributed by atoms with Crippen LogP contribution in [0.2, 0.25) is 0 Å². The molecule has 3 amide bonds. The number of benzene rings is 1. The normalized spacial score (nSPS) is 28.4. The van der Waals surface area contributed by atoms with E-state index in [1.165, 1.54) is 47.9 Å². The lowest BCUT2D eigenvalue weighted by molar-refractivity contribution is -0.160. The van der Waals surface area contributed by atoms with Gasteiger partial charge in [-0.2, -0.15) is 0 Å². The molecule has 0 radical (unpaired) electrons. The minimum Gasteiger partial charge on any atom is -0.478 e. The van der Waals surface area contributed by atoms with Crippen molar-refractivity contribution in [1.82, 2.24) is 9.80 Å². The number of fused-ring (bicyclic) bond motifs is 1. The number of carbonyl (C=O) groups is 5. The summed E-state index contributed by atoms with van der Waals surface area (Å²) in [5.41, 5.74) is 0.449. The minimum absolute atomic E-state index is 0.0176. The quantitative estimate of drug-likeness (QED) is 0.318. The third-order valence-electron chi connectivity index (χ3n) is 6.74. The second-order valence-corrected chi connectivity index (χ2v) is 10.3. The Kier molecular flexibility index (Phi) is 6.60. The molecule has 12 heteroatoms. The maximum atomic E-state index is 12.9. The average Bonchev–Trinajstić information content (AvgIpc) is 3.32. The van der Waals surface area contributed by atoms with Crippen LogP contribution in [0, 0.1) is 11.8 Å². The van der Waals surface area contributed by atoms with Gasteiger partial charge in [0.2, 0.25) is 11.8 Å². The summed E-state index contributed by atoms with van der Waals surface area (Å²) < 4.78 is 0. The monoisotopic (exact) mass is 503 g/mol. The van der Waals surface area contributed by atoms with Crippen LogP contribution in [0.3, 0.4) is 0 Å². The SMILES string of the molecule is C[C@@H](O)[C@H]1C(=O)N2C(C=O)=C(S[C@H]3C[C@@H](C(=O)Nc4cccc(C(=O)O)c4)N(C(=O)O)C3)[C@H](C)[C@H]12. The Hall–Kier alpha value is -3.38. The third-order valence-corrected chi connectivity index (χ3v) is 8.25. The van der Waals surface area contributed by atoms with Gasteiger partial charge in [-0.15, -0.1) is 11.8 Å². The number of aliphatic hydroxyl groups excluding tert-OH is 1. The van der Waals surface area contributed by atoms with Crippen LogP contribution in [0.15, 0.2) is 34.9 Å². The summed E-state index contributed by atoms with van der Waals surface area (Å²) in [5, 5.41) is 31.0. The number of nitrogens with zero attached hydrogens (tertiary/aromatic N) is 2. The highest BCUT2D eigenvalue weighted by Gasteiger charge is 2.59. The molecule has 0 saturated carbocycles. The number of aliphatic hydroxyl groups is 1. The first-order valence-electron chi connectivity index (χ1n) is 11.1. The van der Waals surface area contributed by atoms with Crippen LogP contribution in [0.5, 0.6) is 0 Å². The molecule has 0 spiro atoms. The van der Waals surface area contributed by atoms with E-state index in [1.54, 1.807) is 0 Å². The van der Waals surface area contributed by atoms with E-state index in [-0.39, 0.29) is 53.0 Å². The van der Waals surface area contributed by atoms with Gasteiger partial charge in [-0.25, -0.2) is 9.59 Å². The third kappa shape index (κ3) is 4.27. The van der Waals surface area contributed by atoms with Gasteiger partial charge < -0.3 is 25.5 Å². The molecule has 4 rings (SSSR count). The summed E-state index contributed by atoms with van der Waals surface area (Å²) in [5.74, 6) is -2.87. The van der Waals surface area contributed by atoms with Gasteiger partial charge in [0.15, 0.2) is 6.29 Å². The van der Waals surface area contributed by atoms with Crippen molar-refractivity contribution in [2.75, 3.05) is 11.9 Å². The Morgan fingerprint density at radius 3 is 2.57 bits per heavy atom. The molecule has 0 aliphatic carbocycles. The van der Waals surface area contributed by atoms with Gasteiger partial charge in [-0.3, -0.25) is 19.3 Å². The molecule has 3 aliphatic rings. The van der Waals surface area contributed by atoms with Crippen molar-refractivity contribution in [3.63, 3.8) is 0 Å². The number of amides is 3. The summed E-state index contributed by atoms with van der Waals surface area (Å²) in [6.45, 7) is 3.44. The molecular formula is C23H25N3O8S. The first-order valence-corrected chi connectivity index (χ1v) is 11.9. The lowest BCUT2D eigenvalue weighted by Crippen LogP contribution is -2.63. The van der Waals surface area contributed by atoms with E-state index < -0.39 is 36.0 Å². The second kappa shape index (κ2) is 9.34. The Morgan fingerprint density at radius 1 is 1.26 bits per heavy atom. The summed E-state index contributed by atoms with van der Waals surface area (Å²) in [4.78, 5) is 63.4. The smallest absolute Gasteiger partial charge is 0.408 e. The zero-order chi connectivity index (χ0) is 25.6. The highest BCUT2D eigenvalue weighted by atomic mass is 32.2. The van der Waals surface area contributed by atoms with E-state index in [1.807, 2.05) is 6.92 Å². The number of rotatable bonds is 7. The van der Waals surface area contributed by atoms with Crippen LogP contribution in [0.4, 0.5) is 10.5 Å². The molecule has 4 N–H and O–H groups in total. The number of β-lactam (4-membered cyclic amide) rings is 1. The average molecular weight is 504 g/mol. The molecule has 0 aromatic heterocycles. The molecule has 3 heterocycles. The molecule has 6 atom stereocenters. The molecule has 3 aliphatic heterocycles. The van der Waals surface area contributed by atoms with E-state index in [9.17, 15) is 34.2 Å². The number of nitrogens with one attached hydrogen (secondary N) is 1. The van der Waals surface area contributed by atoms with Gasteiger partial charge in [0, 0.05) is 28.3 Å². The number of likely N-dealkylation sites (tertiary alicyclic amines) is 1. The van der Waals surface area contributed by atoms with Crippen molar-refractivity contribution in [3.8, 4) is 0 Å². The summed E-state index contributed by atoms with van der Waals surface area (Å²) in [6.07, 6.45) is -1.35. The van der Waals surface area contributed by atoms with Gasteiger partial charge in [0.1, 0.15) is 6.04 Å². The number of aldehydes is 1. The van der Waals surface area contributed by atoms with Crippen LogP contribution < -0.4 is 5.32 Å². The standard InChI is InChI=1S/C23H25N3O8S/c1-10-18-17(11(2)28)21(30)26(18)16(9-27)19(10)35-14-7-15(25(8-14)23(33)34)20(29)24-13-5-3-4-12(6-13)22(31)32/h3-6,9-11,14-15,17-18,28H,7-8H2,1-2H3,(H,24,29)(H,31,32)(H,33,34)/t10-,11-,14+,15+,17-,18-/m1/s1. The van der Waals surface area contributed by atoms with E-state index in [2.05, 4.69) is 5.32 Å². The highest BCUT2D eigenvalue weighted by molar-refractivity contribution is 8.03. The number of allylic oxidation sites excluding steroid dienone is 1. The van der Waals surface area contributed by atoms with Gasteiger partial charge in [-0.1, -0.05) is 13.0 Å². The predicted octanol–water partition coefficient (Wildman–Crippen LogP) is 1.45. The molecule has 0 unspecified atom stereocenters. The van der Waals surface area contributed by atoms with Crippen molar-refractivity contribution in [1.29, 1.82) is 0 Å². The minimum atomic E-state index is -1.27. The van der Waals surface area contributed by atoms with E-state index in [0.717, 1.165) is 4.90 Å². The number of anilines is 1. The van der Waals surface area contributed by atoms with Crippen molar-refractivity contribution in [2.45, 2.75) is 43.7 Å². The first kappa shape index (κ1) is 24.7.